The number of rotatable bonds is 0. The Morgan fingerprint density at radius 1 is 1.45 bits per heavy atom. The van der Waals surface area contributed by atoms with Gasteiger partial charge in [0, 0.05) is 6.07 Å². The summed E-state index contributed by atoms with van der Waals surface area (Å²) in [5, 5.41) is 11.8. The van der Waals surface area contributed by atoms with Crippen molar-refractivity contribution in [2.45, 2.75) is 0 Å². The number of aromatic amines is 1. The molecule has 0 amide bonds. The summed E-state index contributed by atoms with van der Waals surface area (Å²) in [6.45, 7) is 0. The number of pyridine rings is 1. The molecule has 2 aromatic rings. The Labute approximate surface area is 61.7 Å². The first-order valence-electron chi connectivity index (χ1n) is 3.17. The highest BCUT2D eigenvalue weighted by Crippen LogP contribution is 2.13. The minimum Gasteiger partial charge on any atom is -0.504 e. The summed E-state index contributed by atoms with van der Waals surface area (Å²) in [4.78, 5) is 11.0. The van der Waals surface area contributed by atoms with Crippen LogP contribution in [0.1, 0.15) is 0 Å². The summed E-state index contributed by atoms with van der Waals surface area (Å²) in [6.07, 6.45) is 1.37. The van der Waals surface area contributed by atoms with Crippen molar-refractivity contribution in [3.8, 4) is 5.75 Å². The number of hydrogen-bond acceptors (Lipinski definition) is 2. The maximum absolute atomic E-state index is 11.0. The first-order chi connectivity index (χ1) is 5.29. The van der Waals surface area contributed by atoms with Crippen LogP contribution in [0.2, 0.25) is 0 Å². The lowest BCUT2D eigenvalue weighted by atomic mass is 10.4. The Kier molecular flexibility index (Phi) is 1.03. The molecule has 0 bridgehead atoms. The molecule has 2 N–H and O–H groups in total. The van der Waals surface area contributed by atoms with Gasteiger partial charge in [-0.1, -0.05) is 6.07 Å². The van der Waals surface area contributed by atoms with Crippen LogP contribution < -0.4 is 5.56 Å². The molecule has 0 spiro atoms. The summed E-state index contributed by atoms with van der Waals surface area (Å²) in [5.41, 5.74) is 0.320. The Morgan fingerprint density at radius 3 is 3.00 bits per heavy atom. The monoisotopic (exact) mass is 150 g/mol. The van der Waals surface area contributed by atoms with E-state index in [1.54, 1.807) is 12.1 Å². The zero-order chi connectivity index (χ0) is 7.84. The molecule has 0 radical (unpaired) electrons. The van der Waals surface area contributed by atoms with Crippen LogP contribution in [0.3, 0.4) is 0 Å². The van der Waals surface area contributed by atoms with Crippen molar-refractivity contribution in [3.05, 3.63) is 34.7 Å². The van der Waals surface area contributed by atoms with Gasteiger partial charge < -0.3 is 5.11 Å². The summed E-state index contributed by atoms with van der Waals surface area (Å²) >= 11 is 0. The zero-order valence-electron chi connectivity index (χ0n) is 5.61. The normalized spacial score (nSPS) is 10.5. The van der Waals surface area contributed by atoms with E-state index in [9.17, 15) is 4.79 Å². The van der Waals surface area contributed by atoms with Crippen LogP contribution in [0.5, 0.6) is 5.75 Å². The summed E-state index contributed by atoms with van der Waals surface area (Å²) in [6, 6.07) is 4.68. The topological polar surface area (TPSA) is 57.5 Å². The Morgan fingerprint density at radius 2 is 2.27 bits per heavy atom. The predicted octanol–water partition coefficient (Wildman–Crippen LogP) is 0.333. The van der Waals surface area contributed by atoms with Gasteiger partial charge >= 0.3 is 0 Å². The first kappa shape index (κ1) is 6.03. The minimum absolute atomic E-state index is 0.0858. The molecule has 0 atom stereocenters. The van der Waals surface area contributed by atoms with E-state index in [1.807, 2.05) is 0 Å². The van der Waals surface area contributed by atoms with E-state index in [0.29, 0.717) is 5.52 Å². The second-order valence-corrected chi connectivity index (χ2v) is 2.24. The van der Waals surface area contributed by atoms with E-state index < -0.39 is 0 Å². The van der Waals surface area contributed by atoms with Crippen LogP contribution in [0, 0.1) is 0 Å². The van der Waals surface area contributed by atoms with Crippen LogP contribution in [-0.4, -0.2) is 14.7 Å². The number of aromatic hydroxyl groups is 1. The highest BCUT2D eigenvalue weighted by Gasteiger charge is 1.99. The minimum atomic E-state index is -0.178. The van der Waals surface area contributed by atoms with Gasteiger partial charge in [-0.05, 0) is 6.07 Å². The van der Waals surface area contributed by atoms with Crippen molar-refractivity contribution in [3.63, 3.8) is 0 Å². The number of nitrogens with one attached hydrogen (secondary N) is 1. The standard InChI is InChI=1S/C7H6N2O2/c10-6-4-8-9-5(6)2-1-3-7(9)11/h1-4,8,10H. The van der Waals surface area contributed by atoms with Crippen LogP contribution >= 0.6 is 0 Å². The van der Waals surface area contributed by atoms with E-state index in [-0.39, 0.29) is 11.3 Å². The molecule has 56 valence electrons. The fourth-order valence-electron chi connectivity index (χ4n) is 1.02. The highest BCUT2D eigenvalue weighted by atomic mass is 16.3. The molecule has 0 unspecified atom stereocenters. The largest absolute Gasteiger partial charge is 0.504 e. The maximum atomic E-state index is 11.0. The smallest absolute Gasteiger partial charge is 0.269 e. The Balaban J connectivity index is 3.06. The summed E-state index contributed by atoms with van der Waals surface area (Å²) in [7, 11) is 0. The lowest BCUT2D eigenvalue weighted by Gasteiger charge is -1.89. The molecular weight excluding hydrogens is 144 g/mol. The van der Waals surface area contributed by atoms with Crippen LogP contribution in [0.15, 0.2) is 29.2 Å². The third-order valence-corrected chi connectivity index (χ3v) is 1.55. The van der Waals surface area contributed by atoms with Crippen molar-refractivity contribution in [1.29, 1.82) is 0 Å². The Bertz CT molecular complexity index is 441. The fourth-order valence-corrected chi connectivity index (χ4v) is 1.02. The van der Waals surface area contributed by atoms with Crippen molar-refractivity contribution < 1.29 is 5.11 Å². The van der Waals surface area contributed by atoms with Gasteiger partial charge in [-0.2, -0.15) is 0 Å². The number of aromatic nitrogens is 2. The molecule has 2 heterocycles. The molecule has 0 saturated heterocycles. The van der Waals surface area contributed by atoms with Crippen molar-refractivity contribution in [2.24, 2.45) is 0 Å². The van der Waals surface area contributed by atoms with E-state index in [1.165, 1.54) is 16.8 Å². The number of hydrogen-bond donors (Lipinski definition) is 2. The molecule has 0 aliphatic carbocycles. The SMILES string of the molecule is O=c1cccc2c(O)c[nH]n12. The average Bonchev–Trinajstić information content (AvgIpc) is 2.35. The van der Waals surface area contributed by atoms with E-state index in [4.69, 9.17) is 5.11 Å². The van der Waals surface area contributed by atoms with Crippen molar-refractivity contribution in [2.75, 3.05) is 0 Å². The van der Waals surface area contributed by atoms with Gasteiger partial charge in [-0.3, -0.25) is 9.89 Å². The van der Waals surface area contributed by atoms with Crippen LogP contribution in [0.25, 0.3) is 5.52 Å². The molecule has 0 aromatic carbocycles. The zero-order valence-corrected chi connectivity index (χ0v) is 5.61. The van der Waals surface area contributed by atoms with Gasteiger partial charge in [-0.15, -0.1) is 0 Å². The van der Waals surface area contributed by atoms with E-state index in [2.05, 4.69) is 5.10 Å². The van der Waals surface area contributed by atoms with Gasteiger partial charge in [0.1, 0.15) is 5.52 Å². The summed E-state index contributed by atoms with van der Waals surface area (Å²) < 4.78 is 1.27. The van der Waals surface area contributed by atoms with Gasteiger partial charge in [0.05, 0.1) is 6.20 Å². The lowest BCUT2D eigenvalue weighted by molar-refractivity contribution is 0.481. The molecule has 4 nitrogen and oxygen atoms in total. The molecule has 2 rings (SSSR count). The van der Waals surface area contributed by atoms with Crippen LogP contribution in [0.4, 0.5) is 0 Å². The summed E-state index contributed by atoms with van der Waals surface area (Å²) in [5.74, 6) is 0.0858. The second-order valence-electron chi connectivity index (χ2n) is 2.24. The molecule has 0 aliphatic rings. The lowest BCUT2D eigenvalue weighted by Crippen LogP contribution is -2.10. The van der Waals surface area contributed by atoms with Gasteiger partial charge in [0.25, 0.3) is 5.56 Å². The maximum Gasteiger partial charge on any atom is 0.269 e. The number of nitrogens with zero attached hydrogens (tertiary/aromatic N) is 1. The third kappa shape index (κ3) is 0.724. The third-order valence-electron chi connectivity index (χ3n) is 1.55. The van der Waals surface area contributed by atoms with Gasteiger partial charge in [0.15, 0.2) is 5.75 Å². The molecule has 2 aromatic heterocycles. The molecule has 4 heteroatoms. The first-order valence-corrected chi connectivity index (χ1v) is 3.17. The second kappa shape index (κ2) is 1.88. The highest BCUT2D eigenvalue weighted by molar-refractivity contribution is 5.57. The molecule has 11 heavy (non-hydrogen) atoms. The average molecular weight is 150 g/mol. The van der Waals surface area contributed by atoms with Crippen LogP contribution in [-0.2, 0) is 0 Å². The molecule has 0 aliphatic heterocycles. The van der Waals surface area contributed by atoms with E-state index in [0.717, 1.165) is 0 Å². The number of H-pyrrole nitrogens is 1. The molecular formula is C7H6N2O2. The van der Waals surface area contributed by atoms with Crippen molar-refractivity contribution in [1.82, 2.24) is 9.61 Å². The van der Waals surface area contributed by atoms with Gasteiger partial charge in [0.2, 0.25) is 0 Å². The fraction of sp³-hybridized carbons (Fsp3) is 0. The van der Waals surface area contributed by atoms with Crippen molar-refractivity contribution >= 4 is 5.52 Å². The van der Waals surface area contributed by atoms with Gasteiger partial charge in [-0.25, -0.2) is 4.52 Å². The Hall–Kier alpha value is -1.71. The molecule has 0 fully saturated rings. The number of fused-ring (bicyclic) bond motifs is 1. The van der Waals surface area contributed by atoms with E-state index >= 15 is 0 Å². The quantitative estimate of drug-likeness (QED) is 0.568. The molecule has 0 saturated carbocycles. The predicted molar refractivity (Wildman–Crippen MR) is 39.7 cm³/mol.